The fourth-order valence-electron chi connectivity index (χ4n) is 3.98. The van der Waals surface area contributed by atoms with E-state index in [9.17, 15) is 15.3 Å². The summed E-state index contributed by atoms with van der Waals surface area (Å²) in [5, 5.41) is 29.0. The van der Waals surface area contributed by atoms with Crippen LogP contribution in [0.4, 0.5) is 0 Å². The lowest BCUT2D eigenvalue weighted by Gasteiger charge is -2.40. The van der Waals surface area contributed by atoms with Crippen LogP contribution in [0.1, 0.15) is 96.8 Å². The molecule has 6 nitrogen and oxygen atoms in total. The molecular formula is C24H49NO5S. The van der Waals surface area contributed by atoms with Crippen LogP contribution in [0.5, 0.6) is 0 Å². The molecule has 7 heteroatoms. The van der Waals surface area contributed by atoms with E-state index in [1.54, 1.807) is 0 Å². The van der Waals surface area contributed by atoms with Crippen molar-refractivity contribution in [2.75, 3.05) is 25.6 Å². The summed E-state index contributed by atoms with van der Waals surface area (Å²) >= 11 is 1.46. The van der Waals surface area contributed by atoms with Crippen LogP contribution in [0.3, 0.4) is 0 Å². The molecule has 1 aliphatic rings. The zero-order valence-corrected chi connectivity index (χ0v) is 20.6. The Bertz CT molecular complexity index is 402. The van der Waals surface area contributed by atoms with Gasteiger partial charge in [0.15, 0.2) is 0 Å². The molecule has 2 unspecified atom stereocenters. The monoisotopic (exact) mass is 463 g/mol. The second kappa shape index (κ2) is 19.6. The van der Waals surface area contributed by atoms with Gasteiger partial charge in [-0.05, 0) is 6.42 Å². The summed E-state index contributed by atoms with van der Waals surface area (Å²) in [4.78, 5) is 0. The maximum Gasteiger partial charge on any atom is 0.121 e. The number of hydrogen-bond donors (Lipinski definition) is 4. The van der Waals surface area contributed by atoms with Gasteiger partial charge in [-0.2, -0.15) is 0 Å². The van der Waals surface area contributed by atoms with Gasteiger partial charge < -0.3 is 30.5 Å². The maximum absolute atomic E-state index is 9.96. The van der Waals surface area contributed by atoms with Crippen molar-refractivity contribution in [2.45, 2.75) is 127 Å². The molecule has 186 valence electrons. The number of thioether (sulfide) groups is 1. The van der Waals surface area contributed by atoms with E-state index >= 15 is 0 Å². The minimum absolute atomic E-state index is 0.336. The highest BCUT2D eigenvalue weighted by atomic mass is 32.2. The Labute approximate surface area is 194 Å². The highest BCUT2D eigenvalue weighted by Crippen LogP contribution is 2.27. The third-order valence-corrected chi connectivity index (χ3v) is 7.24. The summed E-state index contributed by atoms with van der Waals surface area (Å²) in [6.45, 7) is 3.32. The Balaban J connectivity index is 1.84. The van der Waals surface area contributed by atoms with Gasteiger partial charge >= 0.3 is 0 Å². The van der Waals surface area contributed by atoms with Gasteiger partial charge in [0.2, 0.25) is 0 Å². The van der Waals surface area contributed by atoms with Gasteiger partial charge in [0, 0.05) is 12.4 Å². The highest BCUT2D eigenvalue weighted by Gasteiger charge is 2.42. The van der Waals surface area contributed by atoms with Crippen LogP contribution >= 0.6 is 11.8 Å². The molecule has 0 bridgehead atoms. The summed E-state index contributed by atoms with van der Waals surface area (Å²) < 4.78 is 11.3. The van der Waals surface area contributed by atoms with Crippen LogP contribution in [0, 0.1) is 0 Å². The second-order valence-corrected chi connectivity index (χ2v) is 10.1. The van der Waals surface area contributed by atoms with E-state index in [2.05, 4.69) is 6.92 Å². The SMILES string of the molecule is CCCCCCCCCCCCCCCCOCCS[C@@H]1OC(CO)[C@@H](O)C(O)[C@@H]1N. The smallest absolute Gasteiger partial charge is 0.121 e. The molecule has 0 aliphatic carbocycles. The van der Waals surface area contributed by atoms with Gasteiger partial charge in [-0.25, -0.2) is 0 Å². The molecule has 1 saturated heterocycles. The summed E-state index contributed by atoms with van der Waals surface area (Å²) in [5.41, 5.74) is 5.48. The van der Waals surface area contributed by atoms with Gasteiger partial charge in [-0.15, -0.1) is 11.8 Å². The van der Waals surface area contributed by atoms with Crippen molar-refractivity contribution in [3.8, 4) is 0 Å². The lowest BCUT2D eigenvalue weighted by atomic mass is 9.99. The number of unbranched alkanes of at least 4 members (excludes halogenated alkanes) is 13. The molecule has 5 N–H and O–H groups in total. The maximum atomic E-state index is 9.96. The first-order valence-electron chi connectivity index (χ1n) is 12.7. The lowest BCUT2D eigenvalue weighted by molar-refractivity contribution is -0.165. The van der Waals surface area contributed by atoms with Crippen LogP contribution in [0.2, 0.25) is 0 Å². The van der Waals surface area contributed by atoms with Crippen molar-refractivity contribution in [1.29, 1.82) is 0 Å². The molecule has 1 fully saturated rings. The standard InChI is InChI=1S/C24H49NO5S/c1-2-3-4-5-6-7-8-9-10-11-12-13-14-15-16-29-17-18-31-24-21(25)23(28)22(27)20(19-26)30-24/h20-24,26-28H,2-19,25H2,1H3/t20?,21-,22+,23?,24-/m0/s1. The largest absolute Gasteiger partial charge is 0.394 e. The average Bonchev–Trinajstić information content (AvgIpc) is 2.78. The molecule has 0 aromatic heterocycles. The topological polar surface area (TPSA) is 105 Å². The van der Waals surface area contributed by atoms with E-state index in [1.807, 2.05) is 0 Å². The number of nitrogens with two attached hydrogens (primary N) is 1. The first kappa shape index (κ1) is 29.1. The third-order valence-electron chi connectivity index (χ3n) is 6.08. The molecule has 5 atom stereocenters. The van der Waals surface area contributed by atoms with Crippen LogP contribution in [0.15, 0.2) is 0 Å². The van der Waals surface area contributed by atoms with E-state index in [1.165, 1.54) is 95.2 Å². The number of aliphatic hydroxyl groups excluding tert-OH is 3. The summed E-state index contributed by atoms with van der Waals surface area (Å²) in [6.07, 6.45) is 15.9. The van der Waals surface area contributed by atoms with E-state index < -0.39 is 29.8 Å². The fraction of sp³-hybridized carbons (Fsp3) is 1.00. The molecule has 0 amide bonds. The normalized spacial score (nSPS) is 26.4. The Morgan fingerprint density at radius 3 is 1.81 bits per heavy atom. The zero-order chi connectivity index (χ0) is 22.7. The van der Waals surface area contributed by atoms with E-state index in [-0.39, 0.29) is 6.61 Å². The predicted octanol–water partition coefficient (Wildman–Crippen LogP) is 3.98. The molecule has 31 heavy (non-hydrogen) atoms. The van der Waals surface area contributed by atoms with Gasteiger partial charge in [-0.1, -0.05) is 90.4 Å². The molecule has 1 rings (SSSR count). The lowest BCUT2D eigenvalue weighted by Crippen LogP contribution is -2.61. The van der Waals surface area contributed by atoms with Crippen molar-refractivity contribution >= 4 is 11.8 Å². The highest BCUT2D eigenvalue weighted by molar-refractivity contribution is 7.99. The Morgan fingerprint density at radius 1 is 0.774 bits per heavy atom. The van der Waals surface area contributed by atoms with Crippen molar-refractivity contribution in [3.63, 3.8) is 0 Å². The Hall–Kier alpha value is 0.110. The zero-order valence-electron chi connectivity index (χ0n) is 19.8. The summed E-state index contributed by atoms with van der Waals surface area (Å²) in [7, 11) is 0. The Kier molecular flexibility index (Phi) is 18.4. The Morgan fingerprint density at radius 2 is 1.29 bits per heavy atom. The van der Waals surface area contributed by atoms with Crippen molar-refractivity contribution in [3.05, 3.63) is 0 Å². The molecule has 1 heterocycles. The molecular weight excluding hydrogens is 414 g/mol. The summed E-state index contributed by atoms with van der Waals surface area (Å²) in [5.74, 6) is 0.706. The van der Waals surface area contributed by atoms with Gasteiger partial charge in [0.25, 0.3) is 0 Å². The first-order valence-corrected chi connectivity index (χ1v) is 13.7. The molecule has 0 saturated carbocycles. The second-order valence-electron chi connectivity index (χ2n) is 8.86. The minimum Gasteiger partial charge on any atom is -0.394 e. The van der Waals surface area contributed by atoms with Crippen molar-refractivity contribution in [2.24, 2.45) is 5.73 Å². The summed E-state index contributed by atoms with van der Waals surface area (Å²) in [6, 6.07) is -0.673. The molecule has 0 spiro atoms. The van der Waals surface area contributed by atoms with Crippen molar-refractivity contribution < 1.29 is 24.8 Å². The molecule has 0 aromatic carbocycles. The quantitative estimate of drug-likeness (QED) is 0.202. The van der Waals surface area contributed by atoms with Crippen LogP contribution in [-0.2, 0) is 9.47 Å². The van der Waals surface area contributed by atoms with Crippen molar-refractivity contribution in [1.82, 2.24) is 0 Å². The van der Waals surface area contributed by atoms with Crippen LogP contribution < -0.4 is 5.73 Å². The van der Waals surface area contributed by atoms with Crippen LogP contribution in [0.25, 0.3) is 0 Å². The molecule has 0 radical (unpaired) electrons. The van der Waals surface area contributed by atoms with Gasteiger partial charge in [0.05, 0.1) is 19.3 Å². The van der Waals surface area contributed by atoms with E-state index in [0.29, 0.717) is 12.4 Å². The van der Waals surface area contributed by atoms with E-state index in [4.69, 9.17) is 15.2 Å². The molecule has 0 aromatic rings. The minimum atomic E-state index is -1.14. The van der Waals surface area contributed by atoms with E-state index in [0.717, 1.165) is 13.0 Å². The van der Waals surface area contributed by atoms with Crippen LogP contribution in [-0.4, -0.2) is 70.7 Å². The fourth-order valence-corrected chi connectivity index (χ4v) is 5.03. The number of rotatable bonds is 20. The molecule has 1 aliphatic heterocycles. The van der Waals surface area contributed by atoms with Gasteiger partial charge in [-0.3, -0.25) is 0 Å². The third kappa shape index (κ3) is 13.4. The number of ether oxygens (including phenoxy) is 2. The number of aliphatic hydroxyl groups is 3. The van der Waals surface area contributed by atoms with Gasteiger partial charge in [0.1, 0.15) is 23.7 Å². The average molecular weight is 464 g/mol. The first-order chi connectivity index (χ1) is 15.1. The predicted molar refractivity (Wildman–Crippen MR) is 129 cm³/mol. The number of hydrogen-bond acceptors (Lipinski definition) is 7.